The molecular weight excluding hydrogens is 260 g/mol. The number of nitrogens with one attached hydrogen (secondary N) is 1. The van der Waals surface area contributed by atoms with Crippen molar-refractivity contribution in [1.82, 2.24) is 5.32 Å². The molecule has 0 aromatic heterocycles. The molecule has 0 bridgehead atoms. The van der Waals surface area contributed by atoms with Gasteiger partial charge in [-0.1, -0.05) is 44.5 Å². The number of hydrogen-bond acceptors (Lipinski definition) is 2. The molecule has 2 unspecified atom stereocenters. The summed E-state index contributed by atoms with van der Waals surface area (Å²) in [5.74, 6) is -0.920. The minimum atomic E-state index is -0.672. The van der Waals surface area contributed by atoms with Crippen molar-refractivity contribution in [2.45, 2.75) is 33.7 Å². The predicted octanol–water partition coefficient (Wildman–Crippen LogP) is 3.70. The van der Waals surface area contributed by atoms with E-state index >= 15 is 0 Å². The first-order valence-electron chi connectivity index (χ1n) is 6.21. The van der Waals surface area contributed by atoms with Crippen molar-refractivity contribution in [1.29, 1.82) is 5.26 Å². The number of hydrogen-bond donors (Lipinski definition) is 1. The standard InChI is InChI=1S/C15H19ClN2O/c1-10(11-6-5-7-12(16)8-11)18-14(19)13(9-17)15(2,3)4/h5-8,10,13H,1-4H3,(H,18,19). The predicted molar refractivity (Wildman–Crippen MR) is 76.6 cm³/mol. The Bertz CT molecular complexity index is 500. The molecule has 0 saturated heterocycles. The summed E-state index contributed by atoms with van der Waals surface area (Å²) < 4.78 is 0. The maximum absolute atomic E-state index is 12.1. The Labute approximate surface area is 119 Å². The Morgan fingerprint density at radius 2 is 2.05 bits per heavy atom. The zero-order valence-corrected chi connectivity index (χ0v) is 12.5. The van der Waals surface area contributed by atoms with Gasteiger partial charge in [0.15, 0.2) is 0 Å². The lowest BCUT2D eigenvalue weighted by Crippen LogP contribution is -2.38. The lowest BCUT2D eigenvalue weighted by atomic mass is 9.81. The van der Waals surface area contributed by atoms with Crippen LogP contribution in [0.3, 0.4) is 0 Å². The van der Waals surface area contributed by atoms with Crippen LogP contribution >= 0.6 is 11.6 Å². The van der Waals surface area contributed by atoms with Gasteiger partial charge in [0, 0.05) is 5.02 Å². The number of carbonyl (C=O) groups is 1. The molecule has 1 aromatic carbocycles. The van der Waals surface area contributed by atoms with Crippen LogP contribution in [0.1, 0.15) is 39.3 Å². The fourth-order valence-corrected chi connectivity index (χ4v) is 2.00. The molecule has 1 rings (SSSR count). The number of carbonyl (C=O) groups excluding carboxylic acids is 1. The van der Waals surface area contributed by atoms with Crippen LogP contribution in [0.25, 0.3) is 0 Å². The van der Waals surface area contributed by atoms with Crippen molar-refractivity contribution in [2.24, 2.45) is 11.3 Å². The van der Waals surface area contributed by atoms with E-state index in [2.05, 4.69) is 11.4 Å². The van der Waals surface area contributed by atoms with Crippen molar-refractivity contribution >= 4 is 17.5 Å². The number of nitrogens with zero attached hydrogens (tertiary/aromatic N) is 1. The summed E-state index contributed by atoms with van der Waals surface area (Å²) in [6, 6.07) is 9.23. The van der Waals surface area contributed by atoms with Crippen molar-refractivity contribution in [3.8, 4) is 6.07 Å². The largest absolute Gasteiger partial charge is 0.348 e. The molecule has 0 radical (unpaired) electrons. The highest BCUT2D eigenvalue weighted by atomic mass is 35.5. The van der Waals surface area contributed by atoms with Crippen LogP contribution in [-0.4, -0.2) is 5.91 Å². The van der Waals surface area contributed by atoms with Gasteiger partial charge in [-0.05, 0) is 30.0 Å². The molecule has 1 amide bonds. The van der Waals surface area contributed by atoms with Gasteiger partial charge in [0.2, 0.25) is 5.91 Å². The van der Waals surface area contributed by atoms with E-state index in [1.165, 1.54) is 0 Å². The fraction of sp³-hybridized carbons (Fsp3) is 0.467. The van der Waals surface area contributed by atoms with E-state index in [9.17, 15) is 4.79 Å². The van der Waals surface area contributed by atoms with E-state index in [4.69, 9.17) is 16.9 Å². The zero-order chi connectivity index (χ0) is 14.6. The van der Waals surface area contributed by atoms with Crippen molar-refractivity contribution < 1.29 is 4.79 Å². The summed E-state index contributed by atoms with van der Waals surface area (Å²) in [5, 5.41) is 12.6. The van der Waals surface area contributed by atoms with Crippen LogP contribution < -0.4 is 5.32 Å². The maximum Gasteiger partial charge on any atom is 0.238 e. The van der Waals surface area contributed by atoms with E-state index in [0.29, 0.717) is 5.02 Å². The van der Waals surface area contributed by atoms with Crippen molar-refractivity contribution in [3.05, 3.63) is 34.9 Å². The van der Waals surface area contributed by atoms with Gasteiger partial charge in [-0.25, -0.2) is 0 Å². The number of amides is 1. The highest BCUT2D eigenvalue weighted by molar-refractivity contribution is 6.30. The summed E-state index contributed by atoms with van der Waals surface area (Å²) >= 11 is 5.92. The van der Waals surface area contributed by atoms with Crippen LogP contribution in [-0.2, 0) is 4.79 Å². The Balaban J connectivity index is 2.80. The monoisotopic (exact) mass is 278 g/mol. The molecule has 0 heterocycles. The molecule has 1 aromatic rings. The first kappa shape index (κ1) is 15.5. The molecule has 0 spiro atoms. The lowest BCUT2D eigenvalue weighted by molar-refractivity contribution is -0.126. The van der Waals surface area contributed by atoms with Crippen LogP contribution in [0, 0.1) is 22.7 Å². The number of rotatable bonds is 3. The Morgan fingerprint density at radius 3 is 2.53 bits per heavy atom. The molecule has 0 saturated carbocycles. The van der Waals surface area contributed by atoms with Crippen LogP contribution in [0.5, 0.6) is 0 Å². The molecule has 3 nitrogen and oxygen atoms in total. The second-order valence-corrected chi connectivity index (χ2v) is 6.15. The van der Waals surface area contributed by atoms with Crippen LogP contribution in [0.4, 0.5) is 0 Å². The highest BCUT2D eigenvalue weighted by Crippen LogP contribution is 2.26. The molecule has 102 valence electrons. The molecule has 1 N–H and O–H groups in total. The summed E-state index contributed by atoms with van der Waals surface area (Å²) in [5.41, 5.74) is 0.541. The highest BCUT2D eigenvalue weighted by Gasteiger charge is 2.31. The Hall–Kier alpha value is -1.53. The molecule has 2 atom stereocenters. The first-order chi connectivity index (χ1) is 8.75. The van der Waals surface area contributed by atoms with E-state index in [1.807, 2.05) is 45.9 Å². The molecule has 0 aliphatic carbocycles. The fourth-order valence-electron chi connectivity index (χ4n) is 1.80. The number of halogens is 1. The lowest BCUT2D eigenvalue weighted by Gasteiger charge is -2.25. The molecule has 19 heavy (non-hydrogen) atoms. The Kier molecular flexibility index (Phi) is 4.97. The molecule has 0 fully saturated rings. The van der Waals surface area contributed by atoms with Gasteiger partial charge in [-0.15, -0.1) is 0 Å². The third-order valence-electron chi connectivity index (χ3n) is 2.96. The topological polar surface area (TPSA) is 52.9 Å². The third kappa shape index (κ3) is 4.25. The summed E-state index contributed by atoms with van der Waals surface area (Å²) in [6.45, 7) is 7.51. The Morgan fingerprint density at radius 1 is 1.42 bits per heavy atom. The van der Waals surface area contributed by atoms with Gasteiger partial charge in [-0.3, -0.25) is 4.79 Å². The minimum Gasteiger partial charge on any atom is -0.348 e. The minimum absolute atomic E-state index is 0.176. The first-order valence-corrected chi connectivity index (χ1v) is 6.59. The SMILES string of the molecule is CC(NC(=O)C(C#N)C(C)(C)C)c1cccc(Cl)c1. The van der Waals surface area contributed by atoms with E-state index in [1.54, 1.807) is 6.07 Å². The van der Waals surface area contributed by atoms with Gasteiger partial charge in [0.25, 0.3) is 0 Å². The molecule has 0 aliphatic rings. The van der Waals surface area contributed by atoms with Crippen molar-refractivity contribution in [3.63, 3.8) is 0 Å². The summed E-state index contributed by atoms with van der Waals surface area (Å²) in [6.07, 6.45) is 0. The normalized spacial score (nSPS) is 14.3. The molecule has 4 heteroatoms. The van der Waals surface area contributed by atoms with Gasteiger partial charge in [-0.2, -0.15) is 5.26 Å². The second-order valence-electron chi connectivity index (χ2n) is 5.71. The second kappa shape index (κ2) is 6.08. The third-order valence-corrected chi connectivity index (χ3v) is 3.20. The molecule has 0 aliphatic heterocycles. The van der Waals surface area contributed by atoms with Gasteiger partial charge in [0.1, 0.15) is 5.92 Å². The zero-order valence-electron chi connectivity index (χ0n) is 11.7. The van der Waals surface area contributed by atoms with Crippen molar-refractivity contribution in [2.75, 3.05) is 0 Å². The van der Waals surface area contributed by atoms with E-state index in [-0.39, 0.29) is 17.4 Å². The van der Waals surface area contributed by atoms with Gasteiger partial charge >= 0.3 is 0 Å². The van der Waals surface area contributed by atoms with Crippen LogP contribution in [0.15, 0.2) is 24.3 Å². The summed E-state index contributed by atoms with van der Waals surface area (Å²) in [4.78, 5) is 12.1. The number of benzene rings is 1. The van der Waals surface area contributed by atoms with Crippen LogP contribution in [0.2, 0.25) is 5.02 Å². The van der Waals surface area contributed by atoms with Gasteiger partial charge in [0.05, 0.1) is 12.1 Å². The maximum atomic E-state index is 12.1. The quantitative estimate of drug-likeness (QED) is 0.916. The summed E-state index contributed by atoms with van der Waals surface area (Å²) in [7, 11) is 0. The number of nitriles is 1. The average Bonchev–Trinajstić information content (AvgIpc) is 2.27. The van der Waals surface area contributed by atoms with E-state index in [0.717, 1.165) is 5.56 Å². The van der Waals surface area contributed by atoms with Gasteiger partial charge < -0.3 is 5.32 Å². The molecular formula is C15H19ClN2O. The average molecular weight is 279 g/mol. The smallest absolute Gasteiger partial charge is 0.238 e. The van der Waals surface area contributed by atoms with E-state index < -0.39 is 5.92 Å².